The predicted octanol–water partition coefficient (Wildman–Crippen LogP) is 3.35. The molecule has 1 N–H and O–H groups in total. The van der Waals surface area contributed by atoms with Crippen LogP contribution in [0.4, 0.5) is 10.5 Å². The van der Waals surface area contributed by atoms with Crippen molar-refractivity contribution in [1.82, 2.24) is 20.4 Å². The first kappa shape index (κ1) is 16.6. The van der Waals surface area contributed by atoms with Crippen LogP contribution in [0.15, 0.2) is 53.2 Å². The van der Waals surface area contributed by atoms with Crippen molar-refractivity contribution in [3.05, 3.63) is 60.2 Å². The molecule has 128 valence electrons. The van der Waals surface area contributed by atoms with E-state index < -0.39 is 6.04 Å². The highest BCUT2D eigenvalue weighted by Crippen LogP contribution is 2.19. The number of rotatable bonds is 4. The van der Waals surface area contributed by atoms with Gasteiger partial charge in [0.05, 0.1) is 0 Å². The number of pyridine rings is 1. The summed E-state index contributed by atoms with van der Waals surface area (Å²) in [6.07, 6.45) is 1.70. The largest absolute Gasteiger partial charge is 0.337 e. The van der Waals surface area contributed by atoms with E-state index in [0.717, 1.165) is 16.9 Å². The van der Waals surface area contributed by atoms with Gasteiger partial charge in [-0.2, -0.15) is 4.98 Å². The molecule has 2 aromatic heterocycles. The zero-order valence-electron chi connectivity index (χ0n) is 14.3. The molecule has 0 aliphatic rings. The third kappa shape index (κ3) is 3.82. The van der Waals surface area contributed by atoms with Crippen molar-refractivity contribution in [3.63, 3.8) is 0 Å². The Kier molecular flexibility index (Phi) is 4.74. The number of para-hydroxylation sites is 1. The van der Waals surface area contributed by atoms with Crippen molar-refractivity contribution in [2.24, 2.45) is 0 Å². The topological polar surface area (TPSA) is 84.2 Å². The van der Waals surface area contributed by atoms with E-state index in [0.29, 0.717) is 11.7 Å². The number of benzene rings is 1. The van der Waals surface area contributed by atoms with Crippen LogP contribution >= 0.6 is 0 Å². The van der Waals surface area contributed by atoms with Crippen molar-refractivity contribution < 1.29 is 9.32 Å². The number of urea groups is 1. The lowest BCUT2D eigenvalue weighted by molar-refractivity contribution is 0.241. The van der Waals surface area contributed by atoms with Crippen LogP contribution in [0.5, 0.6) is 0 Å². The van der Waals surface area contributed by atoms with Crippen LogP contribution in [0.3, 0.4) is 0 Å². The smallest absolute Gasteiger partial charge is 0.322 e. The summed E-state index contributed by atoms with van der Waals surface area (Å²) in [5.74, 6) is 0.817. The summed E-state index contributed by atoms with van der Waals surface area (Å²) >= 11 is 0. The molecule has 1 aromatic carbocycles. The second kappa shape index (κ2) is 7.12. The van der Waals surface area contributed by atoms with Gasteiger partial charge in [0, 0.05) is 30.2 Å². The van der Waals surface area contributed by atoms with Crippen molar-refractivity contribution in [3.8, 4) is 11.4 Å². The summed E-state index contributed by atoms with van der Waals surface area (Å²) in [6, 6.07) is 12.4. The zero-order valence-corrected chi connectivity index (χ0v) is 14.3. The molecule has 0 unspecified atom stereocenters. The van der Waals surface area contributed by atoms with Gasteiger partial charge in [-0.1, -0.05) is 23.4 Å². The molecule has 2 heterocycles. The van der Waals surface area contributed by atoms with E-state index in [1.54, 1.807) is 20.2 Å². The molecule has 0 spiro atoms. The first-order valence-corrected chi connectivity index (χ1v) is 7.90. The number of carbonyl (C=O) groups is 1. The van der Waals surface area contributed by atoms with Crippen LogP contribution in [0.1, 0.15) is 24.6 Å². The minimum atomic E-state index is -0.414. The standard InChI is InChI=1S/C18H19N5O2/c1-12-11-14(9-10-19-12)16-21-17(25-22-16)13(2)20-18(24)23(3)15-7-5-4-6-8-15/h4-11,13H,1-3H3,(H,20,24)/t13-/m0/s1. The van der Waals surface area contributed by atoms with Crippen molar-refractivity contribution in [2.75, 3.05) is 11.9 Å². The Hall–Kier alpha value is -3.22. The Balaban J connectivity index is 1.69. The molecule has 0 saturated heterocycles. The number of aromatic nitrogens is 3. The normalized spacial score (nSPS) is 11.8. The molecular formula is C18H19N5O2. The molecule has 7 nitrogen and oxygen atoms in total. The first-order chi connectivity index (χ1) is 12.0. The van der Waals surface area contributed by atoms with Crippen molar-refractivity contribution in [1.29, 1.82) is 0 Å². The van der Waals surface area contributed by atoms with E-state index in [9.17, 15) is 4.79 Å². The van der Waals surface area contributed by atoms with Crippen LogP contribution in [0.25, 0.3) is 11.4 Å². The van der Waals surface area contributed by atoms with E-state index in [-0.39, 0.29) is 6.03 Å². The maximum Gasteiger partial charge on any atom is 0.322 e. The Morgan fingerprint density at radius 1 is 1.24 bits per heavy atom. The van der Waals surface area contributed by atoms with Gasteiger partial charge in [0.15, 0.2) is 0 Å². The molecule has 0 fully saturated rings. The lowest BCUT2D eigenvalue weighted by Crippen LogP contribution is -2.38. The summed E-state index contributed by atoms with van der Waals surface area (Å²) in [7, 11) is 1.70. The van der Waals surface area contributed by atoms with Crippen LogP contribution in [-0.4, -0.2) is 28.2 Å². The predicted molar refractivity (Wildman–Crippen MR) is 94.1 cm³/mol. The van der Waals surface area contributed by atoms with E-state index >= 15 is 0 Å². The quantitative estimate of drug-likeness (QED) is 0.789. The maximum atomic E-state index is 12.4. The average molecular weight is 337 g/mol. The van der Waals surface area contributed by atoms with Gasteiger partial charge in [0.25, 0.3) is 0 Å². The third-order valence-corrected chi connectivity index (χ3v) is 3.76. The molecule has 0 aliphatic heterocycles. The van der Waals surface area contributed by atoms with Gasteiger partial charge in [0.1, 0.15) is 6.04 Å². The lowest BCUT2D eigenvalue weighted by Gasteiger charge is -2.19. The molecule has 0 bridgehead atoms. The van der Waals surface area contributed by atoms with Gasteiger partial charge >= 0.3 is 6.03 Å². The highest BCUT2D eigenvalue weighted by molar-refractivity contribution is 5.91. The number of nitrogens with zero attached hydrogens (tertiary/aromatic N) is 4. The monoisotopic (exact) mass is 337 g/mol. The molecule has 1 atom stereocenters. The van der Waals surface area contributed by atoms with Gasteiger partial charge in [-0.25, -0.2) is 4.79 Å². The highest BCUT2D eigenvalue weighted by Gasteiger charge is 2.19. The Morgan fingerprint density at radius 3 is 2.72 bits per heavy atom. The first-order valence-electron chi connectivity index (χ1n) is 7.90. The second-order valence-electron chi connectivity index (χ2n) is 5.71. The molecule has 7 heteroatoms. The van der Waals surface area contributed by atoms with Gasteiger partial charge < -0.3 is 9.84 Å². The average Bonchev–Trinajstić information content (AvgIpc) is 3.12. The number of hydrogen-bond acceptors (Lipinski definition) is 5. The van der Waals surface area contributed by atoms with Crippen LogP contribution in [0, 0.1) is 6.92 Å². The summed E-state index contributed by atoms with van der Waals surface area (Å²) in [6.45, 7) is 3.69. The van der Waals surface area contributed by atoms with E-state index in [4.69, 9.17) is 4.52 Å². The summed E-state index contributed by atoms with van der Waals surface area (Å²) < 4.78 is 5.29. The minimum Gasteiger partial charge on any atom is -0.337 e. The number of aryl methyl sites for hydroxylation is 1. The number of amides is 2. The van der Waals surface area contributed by atoms with Gasteiger partial charge in [-0.15, -0.1) is 0 Å². The third-order valence-electron chi connectivity index (χ3n) is 3.76. The minimum absolute atomic E-state index is 0.252. The zero-order chi connectivity index (χ0) is 17.8. The number of nitrogens with one attached hydrogen (secondary N) is 1. The van der Waals surface area contributed by atoms with E-state index in [1.165, 1.54) is 4.90 Å². The maximum absolute atomic E-state index is 12.4. The fourth-order valence-corrected chi connectivity index (χ4v) is 2.33. The molecule has 0 saturated carbocycles. The summed E-state index contributed by atoms with van der Waals surface area (Å²) in [5.41, 5.74) is 2.49. The summed E-state index contributed by atoms with van der Waals surface area (Å²) in [5, 5.41) is 6.83. The highest BCUT2D eigenvalue weighted by atomic mass is 16.5. The van der Waals surface area contributed by atoms with E-state index in [1.807, 2.05) is 49.4 Å². The number of carbonyl (C=O) groups excluding carboxylic acids is 1. The summed E-state index contributed by atoms with van der Waals surface area (Å²) in [4.78, 5) is 22.4. The number of anilines is 1. The van der Waals surface area contributed by atoms with Crippen LogP contribution < -0.4 is 10.2 Å². The Morgan fingerprint density at radius 2 is 2.00 bits per heavy atom. The molecule has 3 aromatic rings. The molecule has 3 rings (SSSR count). The molecule has 25 heavy (non-hydrogen) atoms. The van der Waals surface area contributed by atoms with E-state index in [2.05, 4.69) is 20.4 Å². The molecule has 2 amide bonds. The van der Waals surface area contributed by atoms with Crippen molar-refractivity contribution >= 4 is 11.7 Å². The number of hydrogen-bond donors (Lipinski definition) is 1. The Bertz CT molecular complexity index is 863. The van der Waals surface area contributed by atoms with Gasteiger partial charge in [-0.3, -0.25) is 9.88 Å². The van der Waals surface area contributed by atoms with Crippen LogP contribution in [0.2, 0.25) is 0 Å². The fraction of sp³-hybridized carbons (Fsp3) is 0.222. The lowest BCUT2D eigenvalue weighted by atomic mass is 10.2. The molecular weight excluding hydrogens is 318 g/mol. The van der Waals surface area contributed by atoms with Crippen molar-refractivity contribution in [2.45, 2.75) is 19.9 Å². The van der Waals surface area contributed by atoms with Gasteiger partial charge in [0.2, 0.25) is 11.7 Å². The van der Waals surface area contributed by atoms with Crippen LogP contribution in [-0.2, 0) is 0 Å². The molecule has 0 aliphatic carbocycles. The Labute approximate surface area is 145 Å². The van der Waals surface area contributed by atoms with Gasteiger partial charge in [-0.05, 0) is 38.1 Å². The SMILES string of the molecule is Cc1cc(-c2noc([C@H](C)NC(=O)N(C)c3ccccc3)n2)ccn1. The molecule has 0 radical (unpaired) electrons. The fourth-order valence-electron chi connectivity index (χ4n) is 2.33. The second-order valence-corrected chi connectivity index (χ2v) is 5.71.